The van der Waals surface area contributed by atoms with Crippen LogP contribution in [0.25, 0.3) is 0 Å². The number of carbonyl (C=O) groups is 1. The lowest BCUT2D eigenvalue weighted by Crippen LogP contribution is -2.38. The number of carbonyl (C=O) groups excluding carboxylic acids is 1. The van der Waals surface area contributed by atoms with Crippen molar-refractivity contribution in [1.82, 2.24) is 0 Å². The fourth-order valence-electron chi connectivity index (χ4n) is 2.25. The zero-order chi connectivity index (χ0) is 9.90. The monoisotopic (exact) mass is 184 g/mol. The van der Waals surface area contributed by atoms with Gasteiger partial charge in [-0.1, -0.05) is 26.2 Å². The molecule has 0 saturated heterocycles. The van der Waals surface area contributed by atoms with Crippen LogP contribution in [0.3, 0.4) is 0 Å². The molecule has 1 fully saturated rings. The Morgan fingerprint density at radius 3 is 2.31 bits per heavy atom. The lowest BCUT2D eigenvalue weighted by atomic mass is 9.74. The Kier molecular flexibility index (Phi) is 3.48. The molecule has 76 valence electrons. The largest absolute Gasteiger partial charge is 0.382 e. The average molecular weight is 184 g/mol. The number of hydrogen-bond acceptors (Lipinski definition) is 2. The molecule has 1 atom stereocenters. The molecule has 0 spiro atoms. The number of aliphatic hydroxyl groups is 1. The summed E-state index contributed by atoms with van der Waals surface area (Å²) in [5.41, 5.74) is -1.08. The first-order chi connectivity index (χ1) is 6.10. The predicted molar refractivity (Wildman–Crippen MR) is 52.4 cm³/mol. The van der Waals surface area contributed by atoms with Gasteiger partial charge in [0.05, 0.1) is 0 Å². The van der Waals surface area contributed by atoms with Gasteiger partial charge in [-0.3, -0.25) is 0 Å². The molecule has 2 nitrogen and oxygen atoms in total. The van der Waals surface area contributed by atoms with Gasteiger partial charge >= 0.3 is 0 Å². The molecule has 1 aliphatic rings. The number of aldehydes is 1. The molecule has 0 bridgehead atoms. The van der Waals surface area contributed by atoms with Crippen LogP contribution >= 0.6 is 0 Å². The van der Waals surface area contributed by atoms with Crippen LogP contribution in [0.4, 0.5) is 0 Å². The Balaban J connectivity index is 2.45. The molecule has 13 heavy (non-hydrogen) atoms. The minimum atomic E-state index is -1.08. The van der Waals surface area contributed by atoms with Crippen LogP contribution < -0.4 is 0 Å². The summed E-state index contributed by atoms with van der Waals surface area (Å²) in [6.07, 6.45) is 6.28. The number of hydrogen-bond donors (Lipinski definition) is 1. The minimum Gasteiger partial charge on any atom is -0.382 e. The molecule has 0 aromatic heterocycles. The van der Waals surface area contributed by atoms with E-state index >= 15 is 0 Å². The van der Waals surface area contributed by atoms with Crippen molar-refractivity contribution >= 4 is 6.29 Å². The van der Waals surface area contributed by atoms with Gasteiger partial charge in [0.1, 0.15) is 5.60 Å². The summed E-state index contributed by atoms with van der Waals surface area (Å²) in [4.78, 5) is 10.6. The molecule has 0 aromatic rings. The molecular weight excluding hydrogens is 164 g/mol. The SMILES string of the molecule is CCC1CCC(C(C)(O)C=O)CC1. The minimum absolute atomic E-state index is 0.188. The summed E-state index contributed by atoms with van der Waals surface area (Å²) in [7, 11) is 0. The van der Waals surface area contributed by atoms with Crippen molar-refractivity contribution in [3.05, 3.63) is 0 Å². The van der Waals surface area contributed by atoms with E-state index in [0.29, 0.717) is 6.29 Å². The van der Waals surface area contributed by atoms with Crippen LogP contribution in [0.1, 0.15) is 46.0 Å². The third-order valence-electron chi connectivity index (χ3n) is 3.49. The fourth-order valence-corrected chi connectivity index (χ4v) is 2.25. The van der Waals surface area contributed by atoms with E-state index in [2.05, 4.69) is 6.92 Å². The Bertz CT molecular complexity index is 167. The van der Waals surface area contributed by atoms with Crippen molar-refractivity contribution in [3.63, 3.8) is 0 Å². The molecular formula is C11H20O2. The highest BCUT2D eigenvalue weighted by Crippen LogP contribution is 2.35. The van der Waals surface area contributed by atoms with Crippen molar-refractivity contribution in [3.8, 4) is 0 Å². The highest BCUT2D eigenvalue weighted by molar-refractivity contribution is 5.61. The van der Waals surface area contributed by atoms with Crippen LogP contribution in [-0.2, 0) is 4.79 Å². The summed E-state index contributed by atoms with van der Waals surface area (Å²) in [5, 5.41) is 9.74. The third kappa shape index (κ3) is 2.53. The molecule has 2 heteroatoms. The maximum atomic E-state index is 10.6. The van der Waals surface area contributed by atoms with Gasteiger partial charge in [0, 0.05) is 0 Å². The molecule has 1 N–H and O–H groups in total. The maximum Gasteiger partial charge on any atom is 0.151 e. The van der Waals surface area contributed by atoms with Gasteiger partial charge in [-0.2, -0.15) is 0 Å². The summed E-state index contributed by atoms with van der Waals surface area (Å²) < 4.78 is 0. The van der Waals surface area contributed by atoms with E-state index in [1.807, 2.05) is 0 Å². The predicted octanol–water partition coefficient (Wildman–Crippen LogP) is 2.15. The fraction of sp³-hybridized carbons (Fsp3) is 0.909. The first kappa shape index (κ1) is 10.7. The molecule has 0 heterocycles. The van der Waals surface area contributed by atoms with Crippen LogP contribution in [0.15, 0.2) is 0 Å². The van der Waals surface area contributed by atoms with Crippen molar-refractivity contribution in [2.75, 3.05) is 0 Å². The molecule has 0 aromatic carbocycles. The van der Waals surface area contributed by atoms with Gasteiger partial charge < -0.3 is 9.90 Å². The van der Waals surface area contributed by atoms with Gasteiger partial charge in [-0.15, -0.1) is 0 Å². The quantitative estimate of drug-likeness (QED) is 0.682. The zero-order valence-corrected chi connectivity index (χ0v) is 8.62. The number of rotatable bonds is 3. The normalized spacial score (nSPS) is 33.8. The Labute approximate surface area is 80.3 Å². The molecule has 0 aliphatic heterocycles. The average Bonchev–Trinajstić information content (AvgIpc) is 2.18. The van der Waals surface area contributed by atoms with E-state index in [1.54, 1.807) is 6.92 Å². The highest BCUT2D eigenvalue weighted by Gasteiger charge is 2.34. The van der Waals surface area contributed by atoms with E-state index < -0.39 is 5.60 Å². The molecule has 1 unspecified atom stereocenters. The van der Waals surface area contributed by atoms with Crippen molar-refractivity contribution < 1.29 is 9.90 Å². The Hall–Kier alpha value is -0.370. The van der Waals surface area contributed by atoms with Crippen LogP contribution in [0.2, 0.25) is 0 Å². The van der Waals surface area contributed by atoms with E-state index in [9.17, 15) is 9.90 Å². The van der Waals surface area contributed by atoms with Crippen molar-refractivity contribution in [1.29, 1.82) is 0 Å². The van der Waals surface area contributed by atoms with Gasteiger partial charge in [-0.25, -0.2) is 0 Å². The van der Waals surface area contributed by atoms with Crippen molar-refractivity contribution in [2.45, 2.75) is 51.6 Å². The molecule has 0 amide bonds. The topological polar surface area (TPSA) is 37.3 Å². The second-order valence-corrected chi connectivity index (χ2v) is 4.47. The van der Waals surface area contributed by atoms with Crippen molar-refractivity contribution in [2.24, 2.45) is 11.8 Å². The third-order valence-corrected chi connectivity index (χ3v) is 3.49. The summed E-state index contributed by atoms with van der Waals surface area (Å²) in [6, 6.07) is 0. The smallest absolute Gasteiger partial charge is 0.151 e. The second-order valence-electron chi connectivity index (χ2n) is 4.47. The molecule has 1 saturated carbocycles. The van der Waals surface area contributed by atoms with E-state index in [1.165, 1.54) is 19.3 Å². The molecule has 1 aliphatic carbocycles. The second kappa shape index (κ2) is 4.23. The van der Waals surface area contributed by atoms with Gasteiger partial charge in [0.2, 0.25) is 0 Å². The summed E-state index contributed by atoms with van der Waals surface area (Å²) >= 11 is 0. The van der Waals surface area contributed by atoms with Crippen LogP contribution in [0, 0.1) is 11.8 Å². The Morgan fingerprint density at radius 1 is 1.38 bits per heavy atom. The van der Waals surface area contributed by atoms with Gasteiger partial charge in [-0.05, 0) is 31.6 Å². The first-order valence-corrected chi connectivity index (χ1v) is 5.29. The van der Waals surface area contributed by atoms with Gasteiger partial charge in [0.15, 0.2) is 6.29 Å². The standard InChI is InChI=1S/C11H20O2/c1-3-9-4-6-10(7-5-9)11(2,13)8-12/h8-10,13H,3-7H2,1-2H3. The lowest BCUT2D eigenvalue weighted by Gasteiger charge is -2.34. The molecule has 0 radical (unpaired) electrons. The lowest BCUT2D eigenvalue weighted by molar-refractivity contribution is -0.129. The van der Waals surface area contributed by atoms with Crippen LogP contribution in [-0.4, -0.2) is 17.0 Å². The summed E-state index contributed by atoms with van der Waals surface area (Å²) in [6.45, 7) is 3.85. The van der Waals surface area contributed by atoms with E-state index in [0.717, 1.165) is 18.8 Å². The molecule has 1 rings (SSSR count). The van der Waals surface area contributed by atoms with E-state index in [4.69, 9.17) is 0 Å². The Morgan fingerprint density at radius 2 is 1.92 bits per heavy atom. The van der Waals surface area contributed by atoms with Crippen LogP contribution in [0.5, 0.6) is 0 Å². The first-order valence-electron chi connectivity index (χ1n) is 5.29. The zero-order valence-electron chi connectivity index (χ0n) is 8.62. The summed E-state index contributed by atoms with van der Waals surface area (Å²) in [5.74, 6) is 1.01. The van der Waals surface area contributed by atoms with Gasteiger partial charge in [0.25, 0.3) is 0 Å². The van der Waals surface area contributed by atoms with E-state index in [-0.39, 0.29) is 5.92 Å². The highest BCUT2D eigenvalue weighted by atomic mass is 16.3. The maximum absolute atomic E-state index is 10.6.